The molecule has 0 unspecified atom stereocenters. The number of hydrogen-bond acceptors (Lipinski definition) is 3. The molecule has 0 saturated heterocycles. The molecule has 0 amide bonds. The molecule has 0 heterocycles. The van der Waals surface area contributed by atoms with Gasteiger partial charge in [-0.25, -0.2) is 0 Å². The minimum absolute atomic E-state index is 0.717. The Bertz CT molecular complexity index is 241. The van der Waals surface area contributed by atoms with Crippen LogP contribution in [0.1, 0.15) is 0 Å². The van der Waals surface area contributed by atoms with Crippen molar-refractivity contribution in [3.63, 3.8) is 0 Å². The van der Waals surface area contributed by atoms with Crippen molar-refractivity contribution in [1.29, 1.82) is 0 Å². The van der Waals surface area contributed by atoms with Crippen LogP contribution in [0.25, 0.3) is 0 Å². The smallest absolute Gasteiger partial charge is 0.126 e. The third-order valence-corrected chi connectivity index (χ3v) is 1.16. The van der Waals surface area contributed by atoms with E-state index in [9.17, 15) is 0 Å². The molecule has 0 aliphatic rings. The molecule has 0 radical (unpaired) electrons. The summed E-state index contributed by atoms with van der Waals surface area (Å²) in [6, 6.07) is 7.07. The zero-order chi connectivity index (χ0) is 8.10. The molecular weight excluding hydrogens is 140 g/mol. The van der Waals surface area contributed by atoms with Crippen molar-refractivity contribution in [3.8, 4) is 5.75 Å². The summed E-state index contributed by atoms with van der Waals surface area (Å²) in [5.41, 5.74) is 11.2. The Balaban J connectivity index is 2.66. The Morgan fingerprint density at radius 1 is 1.18 bits per heavy atom. The number of benzene rings is 1. The van der Waals surface area contributed by atoms with E-state index < -0.39 is 0 Å². The van der Waals surface area contributed by atoms with Gasteiger partial charge in [0.1, 0.15) is 12.0 Å². The van der Waals surface area contributed by atoms with Gasteiger partial charge in [0.2, 0.25) is 0 Å². The van der Waals surface area contributed by atoms with E-state index in [0.29, 0.717) is 5.69 Å². The summed E-state index contributed by atoms with van der Waals surface area (Å²) >= 11 is 0. The highest BCUT2D eigenvalue weighted by molar-refractivity contribution is 5.41. The van der Waals surface area contributed by atoms with Crippen molar-refractivity contribution in [2.45, 2.75) is 0 Å². The van der Waals surface area contributed by atoms with Gasteiger partial charge in [0.15, 0.2) is 0 Å². The Morgan fingerprint density at radius 2 is 1.82 bits per heavy atom. The molecule has 0 atom stereocenters. The molecule has 0 spiro atoms. The summed E-state index contributed by atoms with van der Waals surface area (Å²) in [7, 11) is 0. The van der Waals surface area contributed by atoms with E-state index in [4.69, 9.17) is 16.2 Å². The van der Waals surface area contributed by atoms with Gasteiger partial charge < -0.3 is 16.2 Å². The van der Waals surface area contributed by atoms with E-state index >= 15 is 0 Å². The maximum absolute atomic E-state index is 5.46. The van der Waals surface area contributed by atoms with E-state index in [1.54, 1.807) is 24.3 Å². The highest BCUT2D eigenvalue weighted by Crippen LogP contribution is 2.12. The summed E-state index contributed by atoms with van der Waals surface area (Å²) in [5, 5.41) is 0. The minimum Gasteiger partial charge on any atom is -0.464 e. The van der Waals surface area contributed by atoms with Gasteiger partial charge in [0.05, 0.1) is 0 Å². The minimum atomic E-state index is 0.717. The summed E-state index contributed by atoms with van der Waals surface area (Å²) in [6.45, 7) is 0. The van der Waals surface area contributed by atoms with Crippen LogP contribution in [0.15, 0.2) is 36.7 Å². The molecule has 1 aromatic carbocycles. The summed E-state index contributed by atoms with van der Waals surface area (Å²) in [6.07, 6.45) is 2.74. The second kappa shape index (κ2) is 3.51. The van der Waals surface area contributed by atoms with Gasteiger partial charge in [-0.05, 0) is 24.3 Å². The molecule has 11 heavy (non-hydrogen) atoms. The second-order valence-electron chi connectivity index (χ2n) is 2.02. The third-order valence-electron chi connectivity index (χ3n) is 1.16. The topological polar surface area (TPSA) is 61.3 Å². The van der Waals surface area contributed by atoms with E-state index in [-0.39, 0.29) is 0 Å². The molecule has 4 N–H and O–H groups in total. The van der Waals surface area contributed by atoms with E-state index in [1.165, 1.54) is 12.5 Å². The maximum Gasteiger partial charge on any atom is 0.126 e. The Labute approximate surface area is 65.3 Å². The molecule has 1 aromatic rings. The molecule has 0 aliphatic heterocycles. The molecule has 0 bridgehead atoms. The van der Waals surface area contributed by atoms with E-state index in [0.717, 1.165) is 5.75 Å². The van der Waals surface area contributed by atoms with Crippen LogP contribution in [0.2, 0.25) is 0 Å². The van der Waals surface area contributed by atoms with Crippen molar-refractivity contribution in [2.24, 2.45) is 5.73 Å². The number of anilines is 1. The van der Waals surface area contributed by atoms with Crippen LogP contribution < -0.4 is 16.2 Å². The molecule has 0 aliphatic carbocycles. The number of rotatable bonds is 2. The van der Waals surface area contributed by atoms with Gasteiger partial charge in [0, 0.05) is 11.9 Å². The van der Waals surface area contributed by atoms with Crippen molar-refractivity contribution in [1.82, 2.24) is 0 Å². The predicted molar refractivity (Wildman–Crippen MR) is 44.8 cm³/mol. The zero-order valence-electron chi connectivity index (χ0n) is 6.03. The highest BCUT2D eigenvalue weighted by atomic mass is 16.5. The molecule has 1 rings (SSSR count). The highest BCUT2D eigenvalue weighted by Gasteiger charge is 1.87. The van der Waals surface area contributed by atoms with Gasteiger partial charge in [0.25, 0.3) is 0 Å². The number of ether oxygens (including phenoxy) is 1. The Hall–Kier alpha value is -1.64. The van der Waals surface area contributed by atoms with Gasteiger partial charge in [-0.2, -0.15) is 0 Å². The zero-order valence-corrected chi connectivity index (χ0v) is 6.03. The molecule has 3 nitrogen and oxygen atoms in total. The van der Waals surface area contributed by atoms with Crippen LogP contribution in [0, 0.1) is 0 Å². The largest absolute Gasteiger partial charge is 0.464 e. The molecule has 58 valence electrons. The first-order valence-corrected chi connectivity index (χ1v) is 3.22. The summed E-state index contributed by atoms with van der Waals surface area (Å²) in [4.78, 5) is 0. The van der Waals surface area contributed by atoms with Crippen LogP contribution >= 0.6 is 0 Å². The monoisotopic (exact) mass is 150 g/mol. The molecule has 0 aromatic heterocycles. The first kappa shape index (κ1) is 7.47. The average molecular weight is 150 g/mol. The van der Waals surface area contributed by atoms with Crippen LogP contribution in [-0.2, 0) is 0 Å². The summed E-state index contributed by atoms with van der Waals surface area (Å²) in [5.74, 6) is 0.723. The number of nitrogen functional groups attached to an aromatic ring is 1. The van der Waals surface area contributed by atoms with Gasteiger partial charge in [-0.15, -0.1) is 0 Å². The van der Waals surface area contributed by atoms with Crippen LogP contribution in [0.4, 0.5) is 5.69 Å². The van der Waals surface area contributed by atoms with Crippen molar-refractivity contribution in [3.05, 3.63) is 36.7 Å². The number of nitrogens with two attached hydrogens (primary N) is 2. The lowest BCUT2D eigenvalue weighted by atomic mass is 10.3. The van der Waals surface area contributed by atoms with E-state index in [1.807, 2.05) is 0 Å². The van der Waals surface area contributed by atoms with Gasteiger partial charge in [-0.1, -0.05) is 0 Å². The first-order chi connectivity index (χ1) is 5.33. The lowest BCUT2D eigenvalue weighted by molar-refractivity contribution is 0.480. The second-order valence-corrected chi connectivity index (χ2v) is 2.02. The fourth-order valence-corrected chi connectivity index (χ4v) is 0.664. The fourth-order valence-electron chi connectivity index (χ4n) is 0.664. The summed E-state index contributed by atoms with van der Waals surface area (Å²) < 4.78 is 5.05. The van der Waals surface area contributed by atoms with Crippen LogP contribution in [-0.4, -0.2) is 0 Å². The Morgan fingerprint density at radius 3 is 2.36 bits per heavy atom. The molecule has 0 fully saturated rings. The maximum atomic E-state index is 5.46. The average Bonchev–Trinajstić information content (AvgIpc) is 2.04. The Kier molecular flexibility index (Phi) is 2.38. The van der Waals surface area contributed by atoms with E-state index in [2.05, 4.69) is 0 Å². The SMILES string of the molecule is NC=COc1ccc(N)cc1. The standard InChI is InChI=1S/C8H10N2O/c9-5-6-11-8-3-1-7(10)2-4-8/h1-6H,9-10H2. The molecular formula is C8H10N2O. The lowest BCUT2D eigenvalue weighted by Crippen LogP contribution is -1.87. The van der Waals surface area contributed by atoms with Crippen LogP contribution in [0.3, 0.4) is 0 Å². The quantitative estimate of drug-likeness (QED) is 0.489. The van der Waals surface area contributed by atoms with Gasteiger partial charge in [-0.3, -0.25) is 0 Å². The number of hydrogen-bond donors (Lipinski definition) is 2. The third kappa shape index (κ3) is 2.21. The lowest BCUT2D eigenvalue weighted by Gasteiger charge is -1.98. The normalized spacial score (nSPS) is 10.2. The molecule has 0 saturated carbocycles. The predicted octanol–water partition coefficient (Wildman–Crippen LogP) is 1.08. The van der Waals surface area contributed by atoms with Gasteiger partial charge >= 0.3 is 0 Å². The fraction of sp³-hybridized carbons (Fsp3) is 0. The van der Waals surface area contributed by atoms with Crippen molar-refractivity contribution in [2.75, 3.05) is 5.73 Å². The van der Waals surface area contributed by atoms with Crippen molar-refractivity contribution < 1.29 is 4.74 Å². The molecule has 3 heteroatoms. The van der Waals surface area contributed by atoms with Crippen molar-refractivity contribution >= 4 is 5.69 Å². The first-order valence-electron chi connectivity index (χ1n) is 3.22. The van der Waals surface area contributed by atoms with Crippen LogP contribution in [0.5, 0.6) is 5.75 Å².